The fraction of sp³-hybridized carbons (Fsp3) is 0.538. The molecule has 0 aliphatic heterocycles. The largest absolute Gasteiger partial charge is 0.383 e. The van der Waals surface area contributed by atoms with Crippen molar-refractivity contribution < 1.29 is 0 Å². The van der Waals surface area contributed by atoms with Gasteiger partial charge in [-0.3, -0.25) is 0 Å². The van der Waals surface area contributed by atoms with Crippen LogP contribution in [0, 0.1) is 9.49 Å². The molecule has 1 N–H and O–H groups in total. The van der Waals surface area contributed by atoms with Crippen LogP contribution in [0.25, 0.3) is 0 Å². The lowest BCUT2D eigenvalue weighted by molar-refractivity contribution is 0.286. The Bertz CT molecular complexity index is 303. The van der Waals surface area contributed by atoms with Crippen molar-refractivity contribution in [2.75, 3.05) is 5.32 Å². The molecule has 1 aliphatic carbocycles. The van der Waals surface area contributed by atoms with Crippen molar-refractivity contribution in [3.63, 3.8) is 0 Å². The van der Waals surface area contributed by atoms with Crippen molar-refractivity contribution >= 4 is 28.3 Å². The molecular weight excluding hydrogens is 297 g/mol. The molecule has 1 fully saturated rings. The van der Waals surface area contributed by atoms with E-state index in [1.54, 1.807) is 0 Å². The van der Waals surface area contributed by atoms with E-state index in [4.69, 9.17) is 0 Å². The van der Waals surface area contributed by atoms with Gasteiger partial charge in [0.25, 0.3) is 0 Å². The van der Waals surface area contributed by atoms with E-state index in [9.17, 15) is 0 Å². The predicted molar refractivity (Wildman–Crippen MR) is 74.2 cm³/mol. The molecule has 1 nitrogen and oxygen atoms in total. The van der Waals surface area contributed by atoms with Crippen LogP contribution in [-0.4, -0.2) is 6.04 Å². The summed E-state index contributed by atoms with van der Waals surface area (Å²) in [7, 11) is 0. The third-order valence-corrected chi connectivity index (χ3v) is 3.89. The van der Waals surface area contributed by atoms with Crippen LogP contribution in [0.1, 0.15) is 32.6 Å². The van der Waals surface area contributed by atoms with Gasteiger partial charge >= 0.3 is 0 Å². The maximum Gasteiger partial charge on any atom is 0.0342 e. The number of nitrogens with one attached hydrogen (secondary N) is 1. The Morgan fingerprint density at radius 1 is 1.33 bits per heavy atom. The van der Waals surface area contributed by atoms with Crippen molar-refractivity contribution in [1.29, 1.82) is 0 Å². The van der Waals surface area contributed by atoms with Crippen LogP contribution in [-0.2, 0) is 0 Å². The van der Waals surface area contributed by atoms with Crippen LogP contribution in [0.2, 0.25) is 0 Å². The number of anilines is 1. The topological polar surface area (TPSA) is 12.0 Å². The minimum atomic E-state index is 0.607. The van der Waals surface area contributed by atoms with Gasteiger partial charge in [-0.25, -0.2) is 0 Å². The lowest BCUT2D eigenvalue weighted by atomic mass is 9.81. The highest BCUT2D eigenvalue weighted by atomic mass is 127. The van der Waals surface area contributed by atoms with E-state index < -0.39 is 0 Å². The Morgan fingerprint density at radius 2 is 2.00 bits per heavy atom. The van der Waals surface area contributed by atoms with E-state index >= 15 is 0 Å². The molecule has 2 rings (SSSR count). The first-order chi connectivity index (χ1) is 7.24. The van der Waals surface area contributed by atoms with Crippen molar-refractivity contribution in [3.8, 4) is 0 Å². The second-order valence-electron chi connectivity index (χ2n) is 4.58. The highest BCUT2D eigenvalue weighted by molar-refractivity contribution is 14.1. The zero-order valence-corrected chi connectivity index (χ0v) is 11.3. The standard InChI is InChI=1S/C13H18IN/c1-10(9-11-3-2-4-11)15-13-7-5-12(14)6-8-13/h5-8,10-11,15H,2-4,9H2,1H3. The number of benzene rings is 1. The lowest BCUT2D eigenvalue weighted by Gasteiger charge is -2.28. The molecule has 0 aromatic heterocycles. The normalized spacial score (nSPS) is 18.3. The van der Waals surface area contributed by atoms with Crippen molar-refractivity contribution in [2.45, 2.75) is 38.6 Å². The molecule has 1 aromatic rings. The van der Waals surface area contributed by atoms with Crippen LogP contribution in [0.3, 0.4) is 0 Å². The van der Waals surface area contributed by atoms with Gasteiger partial charge in [-0.1, -0.05) is 19.3 Å². The van der Waals surface area contributed by atoms with Crippen LogP contribution >= 0.6 is 22.6 Å². The van der Waals surface area contributed by atoms with Crippen LogP contribution in [0.5, 0.6) is 0 Å². The molecule has 0 radical (unpaired) electrons. The van der Waals surface area contributed by atoms with Gasteiger partial charge in [0.05, 0.1) is 0 Å². The van der Waals surface area contributed by atoms with Gasteiger partial charge in [-0.15, -0.1) is 0 Å². The molecule has 1 atom stereocenters. The minimum absolute atomic E-state index is 0.607. The first-order valence-corrected chi connectivity index (χ1v) is 6.84. The van der Waals surface area contributed by atoms with Crippen molar-refractivity contribution in [2.24, 2.45) is 5.92 Å². The number of rotatable bonds is 4. The van der Waals surface area contributed by atoms with E-state index in [1.807, 2.05) is 0 Å². The van der Waals surface area contributed by atoms with Crippen LogP contribution in [0.15, 0.2) is 24.3 Å². The molecule has 0 amide bonds. The number of hydrogen-bond acceptors (Lipinski definition) is 1. The molecule has 15 heavy (non-hydrogen) atoms. The summed E-state index contributed by atoms with van der Waals surface area (Å²) in [6.07, 6.45) is 5.66. The van der Waals surface area contributed by atoms with E-state index in [2.05, 4.69) is 59.1 Å². The fourth-order valence-corrected chi connectivity index (χ4v) is 2.48. The Morgan fingerprint density at radius 3 is 2.53 bits per heavy atom. The Hall–Kier alpha value is -0.250. The average molecular weight is 315 g/mol. The first kappa shape index (κ1) is 11.2. The van der Waals surface area contributed by atoms with E-state index in [0.29, 0.717) is 6.04 Å². The minimum Gasteiger partial charge on any atom is -0.383 e. The lowest BCUT2D eigenvalue weighted by Crippen LogP contribution is -2.23. The first-order valence-electron chi connectivity index (χ1n) is 5.76. The van der Waals surface area contributed by atoms with Gasteiger partial charge in [-0.05, 0) is 66.1 Å². The summed E-state index contributed by atoms with van der Waals surface area (Å²) in [5, 5.41) is 3.56. The Balaban J connectivity index is 1.82. The van der Waals surface area contributed by atoms with Gasteiger partial charge in [0, 0.05) is 15.3 Å². The Labute approximate surface area is 106 Å². The summed E-state index contributed by atoms with van der Waals surface area (Å²) in [6, 6.07) is 9.24. The molecule has 0 spiro atoms. The van der Waals surface area contributed by atoms with E-state index in [0.717, 1.165) is 5.92 Å². The summed E-state index contributed by atoms with van der Waals surface area (Å²) >= 11 is 2.34. The SMILES string of the molecule is CC(CC1CCC1)Nc1ccc(I)cc1. The van der Waals surface area contributed by atoms with Gasteiger partial charge in [0.2, 0.25) is 0 Å². The third-order valence-electron chi connectivity index (χ3n) is 3.17. The molecule has 1 unspecified atom stereocenters. The molecular formula is C13H18IN. The molecule has 1 aliphatic rings. The summed E-state index contributed by atoms with van der Waals surface area (Å²) in [5.41, 5.74) is 1.25. The molecule has 1 saturated carbocycles. The highest BCUT2D eigenvalue weighted by Gasteiger charge is 2.19. The summed E-state index contributed by atoms with van der Waals surface area (Å²) < 4.78 is 1.30. The summed E-state index contributed by atoms with van der Waals surface area (Å²) in [6.45, 7) is 2.29. The predicted octanol–water partition coefficient (Wildman–Crippen LogP) is 4.28. The molecule has 82 valence electrons. The monoisotopic (exact) mass is 315 g/mol. The quantitative estimate of drug-likeness (QED) is 0.818. The zero-order valence-electron chi connectivity index (χ0n) is 9.17. The fourth-order valence-electron chi connectivity index (χ4n) is 2.12. The number of halogens is 1. The van der Waals surface area contributed by atoms with Crippen molar-refractivity contribution in [1.82, 2.24) is 0 Å². The zero-order chi connectivity index (χ0) is 10.7. The average Bonchev–Trinajstić information content (AvgIpc) is 2.16. The van der Waals surface area contributed by atoms with E-state index in [1.165, 1.54) is 34.9 Å². The maximum atomic E-state index is 3.56. The van der Waals surface area contributed by atoms with Gasteiger partial charge in [-0.2, -0.15) is 0 Å². The van der Waals surface area contributed by atoms with Gasteiger partial charge < -0.3 is 5.32 Å². The molecule has 1 aromatic carbocycles. The van der Waals surface area contributed by atoms with Gasteiger partial charge in [0.1, 0.15) is 0 Å². The van der Waals surface area contributed by atoms with Crippen LogP contribution < -0.4 is 5.32 Å². The smallest absolute Gasteiger partial charge is 0.0342 e. The molecule has 0 heterocycles. The second-order valence-corrected chi connectivity index (χ2v) is 5.83. The summed E-state index contributed by atoms with van der Waals surface area (Å²) in [5.74, 6) is 0.983. The Kier molecular flexibility index (Phi) is 3.89. The van der Waals surface area contributed by atoms with Crippen molar-refractivity contribution in [3.05, 3.63) is 27.8 Å². The second kappa shape index (κ2) is 5.19. The summed E-state index contributed by atoms with van der Waals surface area (Å²) in [4.78, 5) is 0. The van der Waals surface area contributed by atoms with Gasteiger partial charge in [0.15, 0.2) is 0 Å². The molecule has 0 saturated heterocycles. The van der Waals surface area contributed by atoms with Crippen LogP contribution in [0.4, 0.5) is 5.69 Å². The maximum absolute atomic E-state index is 3.56. The molecule has 2 heteroatoms. The highest BCUT2D eigenvalue weighted by Crippen LogP contribution is 2.31. The van der Waals surface area contributed by atoms with E-state index in [-0.39, 0.29) is 0 Å². The third kappa shape index (κ3) is 3.37. The number of hydrogen-bond donors (Lipinski definition) is 1. The molecule has 0 bridgehead atoms.